The SMILES string of the molecule is Nc1nc(-c2cc3nc(-c4ccccn4)ccc3cc2Cl)cn2c(C3CC(O)C3)ncc12. The number of rotatable bonds is 3. The molecule has 1 aliphatic carbocycles. The van der Waals surface area contributed by atoms with E-state index < -0.39 is 0 Å². The molecule has 4 heterocycles. The van der Waals surface area contributed by atoms with Crippen molar-refractivity contribution in [2.75, 3.05) is 5.73 Å². The first-order chi connectivity index (χ1) is 15.6. The molecule has 0 saturated heterocycles. The Morgan fingerprint density at radius 3 is 2.66 bits per heavy atom. The van der Waals surface area contributed by atoms with E-state index in [9.17, 15) is 5.11 Å². The fourth-order valence-corrected chi connectivity index (χ4v) is 4.53. The first-order valence-corrected chi connectivity index (χ1v) is 10.8. The van der Waals surface area contributed by atoms with Gasteiger partial charge in [0, 0.05) is 29.3 Å². The van der Waals surface area contributed by atoms with Crippen molar-refractivity contribution in [1.29, 1.82) is 0 Å². The van der Waals surface area contributed by atoms with E-state index in [4.69, 9.17) is 22.3 Å². The van der Waals surface area contributed by atoms with Gasteiger partial charge in [0.05, 0.1) is 39.9 Å². The van der Waals surface area contributed by atoms with Crippen molar-refractivity contribution in [1.82, 2.24) is 24.3 Å². The van der Waals surface area contributed by atoms with E-state index >= 15 is 0 Å². The number of halogens is 1. The third kappa shape index (κ3) is 3.09. The van der Waals surface area contributed by atoms with Crippen LogP contribution in [0, 0.1) is 0 Å². The van der Waals surface area contributed by atoms with Gasteiger partial charge in [-0.1, -0.05) is 23.7 Å². The predicted octanol–water partition coefficient (Wildman–Crippen LogP) is 4.48. The van der Waals surface area contributed by atoms with Gasteiger partial charge in [-0.05, 0) is 43.2 Å². The molecule has 6 rings (SSSR count). The first kappa shape index (κ1) is 19.2. The summed E-state index contributed by atoms with van der Waals surface area (Å²) in [5, 5.41) is 11.2. The Bertz CT molecular complexity index is 1480. The quantitative estimate of drug-likeness (QED) is 0.427. The molecule has 1 aliphatic rings. The zero-order chi connectivity index (χ0) is 21.8. The maximum Gasteiger partial charge on any atom is 0.150 e. The second-order valence-electron chi connectivity index (χ2n) is 8.14. The lowest BCUT2D eigenvalue weighted by Crippen LogP contribution is -2.28. The summed E-state index contributed by atoms with van der Waals surface area (Å²) in [5.74, 6) is 1.47. The summed E-state index contributed by atoms with van der Waals surface area (Å²) in [5.41, 5.74) is 10.8. The van der Waals surface area contributed by atoms with Crippen LogP contribution >= 0.6 is 11.6 Å². The van der Waals surface area contributed by atoms with Gasteiger partial charge in [0.15, 0.2) is 0 Å². The molecule has 0 aliphatic heterocycles. The molecular weight excluding hydrogens is 424 g/mol. The van der Waals surface area contributed by atoms with Gasteiger partial charge >= 0.3 is 0 Å². The summed E-state index contributed by atoms with van der Waals surface area (Å²) < 4.78 is 1.96. The van der Waals surface area contributed by atoms with Gasteiger partial charge < -0.3 is 10.8 Å². The first-order valence-electron chi connectivity index (χ1n) is 10.4. The third-order valence-electron chi connectivity index (χ3n) is 6.04. The number of aliphatic hydroxyl groups excluding tert-OH is 1. The van der Waals surface area contributed by atoms with E-state index in [-0.39, 0.29) is 12.0 Å². The lowest BCUT2D eigenvalue weighted by molar-refractivity contribution is 0.0715. The summed E-state index contributed by atoms with van der Waals surface area (Å²) in [6, 6.07) is 13.5. The monoisotopic (exact) mass is 442 g/mol. The number of hydrogen-bond acceptors (Lipinski definition) is 6. The maximum absolute atomic E-state index is 9.72. The van der Waals surface area contributed by atoms with Gasteiger partial charge in [-0.2, -0.15) is 0 Å². The lowest BCUT2D eigenvalue weighted by Gasteiger charge is -2.30. The molecule has 8 heteroatoms. The number of pyridine rings is 2. The van der Waals surface area contributed by atoms with Crippen LogP contribution in [0.25, 0.3) is 39.1 Å². The van der Waals surface area contributed by atoms with E-state index in [1.54, 1.807) is 12.4 Å². The second-order valence-corrected chi connectivity index (χ2v) is 8.55. The molecule has 1 fully saturated rings. The molecule has 4 aromatic heterocycles. The summed E-state index contributed by atoms with van der Waals surface area (Å²) >= 11 is 6.65. The molecular formula is C24H19ClN6O. The highest BCUT2D eigenvalue weighted by molar-refractivity contribution is 6.34. The standard InChI is InChI=1S/C24H19ClN6O/c25-17-9-13-4-5-19(18-3-1-2-6-27-18)29-20(13)10-16(17)21-12-31-22(23(26)30-21)11-28-24(31)14-7-15(32)8-14/h1-6,9-12,14-15,32H,7-8H2,(H2,26,30). The number of fused-ring (bicyclic) bond motifs is 2. The Labute approximate surface area is 188 Å². The number of aromatic nitrogens is 5. The summed E-state index contributed by atoms with van der Waals surface area (Å²) in [7, 11) is 0. The van der Waals surface area contributed by atoms with E-state index in [0.29, 0.717) is 29.4 Å². The van der Waals surface area contributed by atoms with Gasteiger partial charge in [0.1, 0.15) is 17.2 Å². The molecule has 0 amide bonds. The average molecular weight is 443 g/mol. The Kier molecular flexibility index (Phi) is 4.34. The number of imidazole rings is 1. The lowest BCUT2D eigenvalue weighted by atomic mass is 9.82. The van der Waals surface area contributed by atoms with Crippen LogP contribution in [0.4, 0.5) is 5.82 Å². The normalized spacial score (nSPS) is 18.2. The van der Waals surface area contributed by atoms with Crippen LogP contribution in [0.3, 0.4) is 0 Å². The average Bonchev–Trinajstić information content (AvgIpc) is 3.21. The van der Waals surface area contributed by atoms with Gasteiger partial charge in [-0.15, -0.1) is 0 Å². The van der Waals surface area contributed by atoms with Crippen LogP contribution in [-0.2, 0) is 0 Å². The number of benzene rings is 1. The fourth-order valence-electron chi connectivity index (χ4n) is 4.27. The number of hydrogen-bond donors (Lipinski definition) is 2. The largest absolute Gasteiger partial charge is 0.393 e. The summed E-state index contributed by atoms with van der Waals surface area (Å²) in [6.45, 7) is 0. The van der Waals surface area contributed by atoms with Gasteiger partial charge in [-0.25, -0.2) is 15.0 Å². The highest BCUT2D eigenvalue weighted by Crippen LogP contribution is 2.38. The zero-order valence-corrected chi connectivity index (χ0v) is 17.7. The minimum Gasteiger partial charge on any atom is -0.393 e. The van der Waals surface area contributed by atoms with Crippen molar-refractivity contribution >= 4 is 33.8 Å². The Morgan fingerprint density at radius 2 is 1.88 bits per heavy atom. The molecule has 0 atom stereocenters. The number of aliphatic hydroxyl groups is 1. The van der Waals surface area contributed by atoms with Gasteiger partial charge in [0.25, 0.3) is 0 Å². The van der Waals surface area contributed by atoms with E-state index in [1.807, 2.05) is 53.1 Å². The smallest absolute Gasteiger partial charge is 0.150 e. The molecule has 158 valence electrons. The van der Waals surface area contributed by atoms with Crippen molar-refractivity contribution < 1.29 is 5.11 Å². The second kappa shape index (κ2) is 7.25. The van der Waals surface area contributed by atoms with Crippen LogP contribution in [0.2, 0.25) is 5.02 Å². The predicted molar refractivity (Wildman–Crippen MR) is 124 cm³/mol. The third-order valence-corrected chi connectivity index (χ3v) is 6.35. The van der Waals surface area contributed by atoms with Crippen molar-refractivity contribution in [2.24, 2.45) is 0 Å². The fraction of sp³-hybridized carbons (Fsp3) is 0.167. The number of nitrogens with two attached hydrogens (primary N) is 1. The Balaban J connectivity index is 1.49. The molecule has 5 aromatic rings. The van der Waals surface area contributed by atoms with Crippen LogP contribution in [0.1, 0.15) is 24.6 Å². The van der Waals surface area contributed by atoms with E-state index in [1.165, 1.54) is 0 Å². The van der Waals surface area contributed by atoms with Crippen LogP contribution in [0.15, 0.2) is 61.1 Å². The Hall–Kier alpha value is -3.55. The maximum atomic E-state index is 9.72. The van der Waals surface area contributed by atoms with Crippen molar-refractivity contribution in [3.8, 4) is 22.6 Å². The Morgan fingerprint density at radius 1 is 1.00 bits per heavy atom. The minimum atomic E-state index is -0.264. The summed E-state index contributed by atoms with van der Waals surface area (Å²) in [6.07, 6.45) is 6.53. The number of nitrogen functional groups attached to an aromatic ring is 1. The molecule has 0 unspecified atom stereocenters. The number of nitrogens with zero attached hydrogens (tertiary/aromatic N) is 5. The highest BCUT2D eigenvalue weighted by atomic mass is 35.5. The molecule has 7 nitrogen and oxygen atoms in total. The van der Waals surface area contributed by atoms with Crippen molar-refractivity contribution in [3.05, 3.63) is 71.9 Å². The van der Waals surface area contributed by atoms with E-state index in [0.717, 1.165) is 39.2 Å². The topological polar surface area (TPSA) is 102 Å². The zero-order valence-electron chi connectivity index (χ0n) is 17.0. The van der Waals surface area contributed by atoms with Crippen LogP contribution in [0.5, 0.6) is 0 Å². The molecule has 0 bridgehead atoms. The minimum absolute atomic E-state index is 0.205. The summed E-state index contributed by atoms with van der Waals surface area (Å²) in [4.78, 5) is 18.3. The van der Waals surface area contributed by atoms with Gasteiger partial charge in [0.2, 0.25) is 0 Å². The van der Waals surface area contributed by atoms with Crippen LogP contribution in [-0.4, -0.2) is 35.5 Å². The van der Waals surface area contributed by atoms with Crippen molar-refractivity contribution in [2.45, 2.75) is 24.9 Å². The molecule has 0 radical (unpaired) electrons. The van der Waals surface area contributed by atoms with Crippen molar-refractivity contribution in [3.63, 3.8) is 0 Å². The van der Waals surface area contributed by atoms with Crippen LogP contribution < -0.4 is 5.73 Å². The molecule has 1 saturated carbocycles. The van der Waals surface area contributed by atoms with Gasteiger partial charge in [-0.3, -0.25) is 9.38 Å². The highest BCUT2D eigenvalue weighted by Gasteiger charge is 2.32. The molecule has 1 aromatic carbocycles. The molecule has 32 heavy (non-hydrogen) atoms. The molecule has 3 N–H and O–H groups in total. The molecule has 0 spiro atoms. The number of anilines is 1. The van der Waals surface area contributed by atoms with E-state index in [2.05, 4.69) is 15.0 Å².